The van der Waals surface area contributed by atoms with Crippen molar-refractivity contribution in [2.45, 2.75) is 99.8 Å². The lowest BCUT2D eigenvalue weighted by molar-refractivity contribution is 0.349. The third-order valence-corrected chi connectivity index (χ3v) is 2.80. The van der Waals surface area contributed by atoms with Crippen molar-refractivity contribution in [1.82, 2.24) is 0 Å². The minimum absolute atomic E-state index is 1.09. The van der Waals surface area contributed by atoms with Crippen LogP contribution in [0.25, 0.3) is 0 Å². The summed E-state index contributed by atoms with van der Waals surface area (Å²) in [5, 5.41) is 0. The SMILES string of the molecule is CC.CC.CCC1CCCCC1.CCCC. The van der Waals surface area contributed by atoms with E-state index >= 15 is 0 Å². The Morgan fingerprint density at radius 3 is 1.25 bits per heavy atom. The molecule has 1 aliphatic rings. The minimum Gasteiger partial charge on any atom is -0.0683 e. The summed E-state index contributed by atoms with van der Waals surface area (Å²) in [6.45, 7) is 14.7. The zero-order valence-electron chi connectivity index (χ0n) is 13.2. The molecule has 0 N–H and O–H groups in total. The Bertz CT molecular complexity index is 68.1. The highest BCUT2D eigenvalue weighted by molar-refractivity contribution is 4.63. The van der Waals surface area contributed by atoms with E-state index in [2.05, 4.69) is 20.8 Å². The third-order valence-electron chi connectivity index (χ3n) is 2.80. The van der Waals surface area contributed by atoms with Crippen LogP contribution < -0.4 is 0 Å². The molecule has 102 valence electrons. The van der Waals surface area contributed by atoms with Gasteiger partial charge in [-0.3, -0.25) is 0 Å². The summed E-state index contributed by atoms with van der Waals surface area (Å²) in [7, 11) is 0. The first-order valence-electron chi connectivity index (χ1n) is 7.85. The molecule has 0 aromatic heterocycles. The van der Waals surface area contributed by atoms with Gasteiger partial charge in [-0.2, -0.15) is 0 Å². The molecule has 1 rings (SSSR count). The molecule has 0 heteroatoms. The summed E-state index contributed by atoms with van der Waals surface area (Å²) in [6, 6.07) is 0. The van der Waals surface area contributed by atoms with Gasteiger partial charge in [-0.25, -0.2) is 0 Å². The van der Waals surface area contributed by atoms with Gasteiger partial charge in [-0.05, 0) is 5.92 Å². The van der Waals surface area contributed by atoms with Crippen LogP contribution in [0.1, 0.15) is 99.8 Å². The highest BCUT2D eigenvalue weighted by atomic mass is 14.2. The summed E-state index contributed by atoms with van der Waals surface area (Å²) in [4.78, 5) is 0. The Labute approximate surface area is 106 Å². The first kappa shape index (κ1) is 21.3. The topological polar surface area (TPSA) is 0 Å². The molecule has 0 saturated heterocycles. The average Bonchev–Trinajstić information content (AvgIpc) is 2.44. The second-order valence-corrected chi connectivity index (χ2v) is 3.91. The lowest BCUT2D eigenvalue weighted by atomic mass is 9.88. The van der Waals surface area contributed by atoms with Gasteiger partial charge in [0.1, 0.15) is 0 Å². The molecule has 0 nitrogen and oxygen atoms in total. The van der Waals surface area contributed by atoms with Gasteiger partial charge in [-0.15, -0.1) is 0 Å². The van der Waals surface area contributed by atoms with E-state index in [1.807, 2.05) is 27.7 Å². The molecule has 0 bridgehead atoms. The first-order valence-corrected chi connectivity index (χ1v) is 7.85. The van der Waals surface area contributed by atoms with Gasteiger partial charge in [0, 0.05) is 0 Å². The van der Waals surface area contributed by atoms with Crippen LogP contribution in [0.15, 0.2) is 0 Å². The van der Waals surface area contributed by atoms with Gasteiger partial charge in [-0.1, -0.05) is 99.8 Å². The summed E-state index contributed by atoms with van der Waals surface area (Å²) in [5.74, 6) is 1.09. The summed E-state index contributed by atoms with van der Waals surface area (Å²) >= 11 is 0. The molecule has 1 saturated carbocycles. The second kappa shape index (κ2) is 24.3. The van der Waals surface area contributed by atoms with Crippen LogP contribution in [-0.4, -0.2) is 0 Å². The molecule has 0 spiro atoms. The van der Waals surface area contributed by atoms with Gasteiger partial charge < -0.3 is 0 Å². The van der Waals surface area contributed by atoms with Crippen LogP contribution >= 0.6 is 0 Å². The van der Waals surface area contributed by atoms with Gasteiger partial charge >= 0.3 is 0 Å². The minimum atomic E-state index is 1.09. The number of hydrogen-bond donors (Lipinski definition) is 0. The van der Waals surface area contributed by atoms with Gasteiger partial charge in [0.15, 0.2) is 0 Å². The number of unbranched alkanes of at least 4 members (excludes halogenated alkanes) is 1. The van der Waals surface area contributed by atoms with E-state index in [-0.39, 0.29) is 0 Å². The predicted molar refractivity (Wildman–Crippen MR) is 80.1 cm³/mol. The molecular weight excluding hydrogens is 192 g/mol. The summed E-state index contributed by atoms with van der Waals surface area (Å²) in [6.07, 6.45) is 11.6. The molecule has 1 fully saturated rings. The second-order valence-electron chi connectivity index (χ2n) is 3.91. The Morgan fingerprint density at radius 1 is 0.688 bits per heavy atom. The lowest BCUT2D eigenvalue weighted by Crippen LogP contribution is -2.03. The maximum absolute atomic E-state index is 2.32. The molecule has 0 aromatic carbocycles. The van der Waals surface area contributed by atoms with Gasteiger partial charge in [0.25, 0.3) is 0 Å². The summed E-state index contributed by atoms with van der Waals surface area (Å²) in [5.41, 5.74) is 0. The van der Waals surface area contributed by atoms with Crippen molar-refractivity contribution in [3.63, 3.8) is 0 Å². The molecular formula is C16H38. The van der Waals surface area contributed by atoms with E-state index in [1.165, 1.54) is 51.4 Å². The van der Waals surface area contributed by atoms with E-state index in [1.54, 1.807) is 0 Å². The predicted octanol–water partition coefficient (Wildman–Crippen LogP) is 6.84. The van der Waals surface area contributed by atoms with E-state index in [0.29, 0.717) is 0 Å². The van der Waals surface area contributed by atoms with Crippen LogP contribution in [0.5, 0.6) is 0 Å². The highest BCUT2D eigenvalue weighted by Gasteiger charge is 2.09. The fraction of sp³-hybridized carbons (Fsp3) is 1.00. The van der Waals surface area contributed by atoms with E-state index in [9.17, 15) is 0 Å². The Hall–Kier alpha value is 0. The Balaban J connectivity index is -0.000000181. The smallest absolute Gasteiger partial charge is 0.0417 e. The van der Waals surface area contributed by atoms with Crippen molar-refractivity contribution in [3.8, 4) is 0 Å². The van der Waals surface area contributed by atoms with E-state index < -0.39 is 0 Å². The van der Waals surface area contributed by atoms with Crippen molar-refractivity contribution in [2.24, 2.45) is 5.92 Å². The summed E-state index contributed by atoms with van der Waals surface area (Å²) < 4.78 is 0. The van der Waals surface area contributed by atoms with Crippen molar-refractivity contribution in [1.29, 1.82) is 0 Å². The van der Waals surface area contributed by atoms with Crippen LogP contribution in [0, 0.1) is 5.92 Å². The molecule has 0 heterocycles. The zero-order chi connectivity index (χ0) is 13.2. The molecule has 0 aromatic rings. The van der Waals surface area contributed by atoms with Crippen LogP contribution in [0.2, 0.25) is 0 Å². The largest absolute Gasteiger partial charge is 0.0683 e. The number of hydrogen-bond acceptors (Lipinski definition) is 0. The highest BCUT2D eigenvalue weighted by Crippen LogP contribution is 2.25. The van der Waals surface area contributed by atoms with Crippen LogP contribution in [-0.2, 0) is 0 Å². The fourth-order valence-electron chi connectivity index (χ4n) is 1.60. The van der Waals surface area contributed by atoms with Crippen molar-refractivity contribution in [3.05, 3.63) is 0 Å². The lowest BCUT2D eigenvalue weighted by Gasteiger charge is -2.18. The molecule has 0 amide bonds. The molecule has 0 radical (unpaired) electrons. The van der Waals surface area contributed by atoms with Crippen LogP contribution in [0.4, 0.5) is 0 Å². The monoisotopic (exact) mass is 230 g/mol. The van der Waals surface area contributed by atoms with Gasteiger partial charge in [0.2, 0.25) is 0 Å². The average molecular weight is 230 g/mol. The number of rotatable bonds is 2. The Morgan fingerprint density at radius 2 is 1.06 bits per heavy atom. The van der Waals surface area contributed by atoms with Crippen molar-refractivity contribution < 1.29 is 0 Å². The van der Waals surface area contributed by atoms with Gasteiger partial charge in [0.05, 0.1) is 0 Å². The molecule has 16 heavy (non-hydrogen) atoms. The molecule has 0 unspecified atom stereocenters. The maximum atomic E-state index is 2.32. The molecule has 1 aliphatic carbocycles. The van der Waals surface area contributed by atoms with Crippen molar-refractivity contribution in [2.75, 3.05) is 0 Å². The third kappa shape index (κ3) is 19.6. The zero-order valence-corrected chi connectivity index (χ0v) is 13.2. The first-order chi connectivity index (χ1) is 7.85. The van der Waals surface area contributed by atoms with Crippen LogP contribution in [0.3, 0.4) is 0 Å². The fourth-order valence-corrected chi connectivity index (χ4v) is 1.60. The molecule has 0 aliphatic heterocycles. The van der Waals surface area contributed by atoms with Crippen molar-refractivity contribution >= 4 is 0 Å². The maximum Gasteiger partial charge on any atom is -0.0417 e. The molecule has 0 atom stereocenters. The quantitative estimate of drug-likeness (QED) is 0.487. The van der Waals surface area contributed by atoms with E-state index in [0.717, 1.165) is 5.92 Å². The standard InChI is InChI=1S/C8H16.C4H10.2C2H6/c1-2-8-6-4-3-5-7-8;1-3-4-2;2*1-2/h8H,2-7H2,1H3;3-4H2,1-2H3;2*1-2H3. The Kier molecular flexibility index (Phi) is 32.3. The van der Waals surface area contributed by atoms with E-state index in [4.69, 9.17) is 0 Å². The normalized spacial score (nSPS) is 14.4.